The van der Waals surface area contributed by atoms with Crippen LogP contribution in [0.5, 0.6) is 5.75 Å². The normalized spacial score (nSPS) is 10.9. The first-order chi connectivity index (χ1) is 17.4. The molecule has 0 aliphatic heterocycles. The molecule has 0 aliphatic rings. The van der Waals surface area contributed by atoms with Crippen molar-refractivity contribution in [2.75, 3.05) is 0 Å². The van der Waals surface area contributed by atoms with Gasteiger partial charge in [-0.15, -0.1) is 0 Å². The number of benzene rings is 1. The third kappa shape index (κ3) is 4.54. The lowest BCUT2D eigenvalue weighted by Crippen LogP contribution is -2.23. The molecule has 5 aromatic rings. The summed E-state index contributed by atoms with van der Waals surface area (Å²) >= 11 is 12.6. The number of rotatable bonds is 6. The first kappa shape index (κ1) is 23.5. The summed E-state index contributed by atoms with van der Waals surface area (Å²) in [5, 5.41) is 15.3. The summed E-state index contributed by atoms with van der Waals surface area (Å²) in [5.41, 5.74) is 3.15. The Balaban J connectivity index is 1.50. The van der Waals surface area contributed by atoms with E-state index in [1.54, 1.807) is 41.6 Å². The van der Waals surface area contributed by atoms with Crippen molar-refractivity contribution in [1.29, 1.82) is 5.26 Å². The molecule has 0 saturated heterocycles. The molecule has 36 heavy (non-hydrogen) atoms. The highest BCUT2D eigenvalue weighted by Crippen LogP contribution is 2.31. The third-order valence-corrected chi connectivity index (χ3v) is 6.18. The second kappa shape index (κ2) is 9.82. The van der Waals surface area contributed by atoms with Gasteiger partial charge in [-0.3, -0.25) is 9.78 Å². The molecule has 10 heteroatoms. The molecule has 0 fully saturated rings. The number of ether oxygens (including phenoxy) is 1. The highest BCUT2D eigenvalue weighted by molar-refractivity contribution is 6.31. The smallest absolute Gasteiger partial charge is 0.268 e. The molecule has 8 nitrogen and oxygen atoms in total. The van der Waals surface area contributed by atoms with Crippen LogP contribution in [0, 0.1) is 18.3 Å². The molecule has 0 radical (unpaired) electrons. The van der Waals surface area contributed by atoms with Crippen LogP contribution in [0.15, 0.2) is 72.0 Å². The molecular weight excluding hydrogens is 499 g/mol. The molecule has 5 rings (SSSR count). The number of hydrogen-bond acceptors (Lipinski definition) is 6. The van der Waals surface area contributed by atoms with Crippen LogP contribution >= 0.6 is 23.2 Å². The Morgan fingerprint density at radius 1 is 1.17 bits per heavy atom. The zero-order valence-corrected chi connectivity index (χ0v) is 20.5. The number of halogens is 2. The lowest BCUT2D eigenvalue weighted by atomic mass is 10.1. The van der Waals surface area contributed by atoms with Crippen LogP contribution in [-0.2, 0) is 13.2 Å². The van der Waals surface area contributed by atoms with E-state index in [9.17, 15) is 10.1 Å². The fourth-order valence-corrected chi connectivity index (χ4v) is 4.28. The molecule has 0 aliphatic carbocycles. The van der Waals surface area contributed by atoms with Crippen molar-refractivity contribution in [3.8, 4) is 17.5 Å². The maximum Gasteiger partial charge on any atom is 0.268 e. The Bertz CT molecular complexity index is 1700. The Kier molecular flexibility index (Phi) is 6.42. The first-order valence-corrected chi connectivity index (χ1v) is 11.7. The number of fused-ring (bicyclic) bond motifs is 1. The highest BCUT2D eigenvalue weighted by Gasteiger charge is 2.15. The molecule has 0 unspecified atom stereocenters. The monoisotopic (exact) mass is 516 g/mol. The summed E-state index contributed by atoms with van der Waals surface area (Å²) < 4.78 is 9.33. The van der Waals surface area contributed by atoms with Crippen molar-refractivity contribution < 1.29 is 4.74 Å². The van der Waals surface area contributed by atoms with E-state index in [0.717, 1.165) is 16.8 Å². The Morgan fingerprint density at radius 3 is 2.81 bits per heavy atom. The van der Waals surface area contributed by atoms with Crippen molar-refractivity contribution in [2.24, 2.45) is 0 Å². The van der Waals surface area contributed by atoms with Gasteiger partial charge in [0.1, 0.15) is 29.5 Å². The van der Waals surface area contributed by atoms with Crippen LogP contribution in [0.2, 0.25) is 10.0 Å². The van der Waals surface area contributed by atoms with Crippen LogP contribution < -0.4 is 10.3 Å². The van der Waals surface area contributed by atoms with Gasteiger partial charge in [0.25, 0.3) is 5.56 Å². The van der Waals surface area contributed by atoms with Gasteiger partial charge in [-0.2, -0.15) is 10.4 Å². The Morgan fingerprint density at radius 2 is 2.03 bits per heavy atom. The lowest BCUT2D eigenvalue weighted by molar-refractivity contribution is 0.307. The van der Waals surface area contributed by atoms with Gasteiger partial charge in [-0.25, -0.2) is 9.67 Å². The van der Waals surface area contributed by atoms with Gasteiger partial charge < -0.3 is 9.30 Å². The van der Waals surface area contributed by atoms with Crippen molar-refractivity contribution in [1.82, 2.24) is 24.3 Å². The van der Waals surface area contributed by atoms with E-state index in [4.69, 9.17) is 32.9 Å². The Labute approximate surface area is 215 Å². The maximum absolute atomic E-state index is 12.5. The van der Waals surface area contributed by atoms with E-state index in [0.29, 0.717) is 32.6 Å². The summed E-state index contributed by atoms with van der Waals surface area (Å²) in [6, 6.07) is 14.3. The SMILES string of the molecule is Cc1cc(-n2cc(Cl)cn2)c2cccc(OCc3c(Cl)ccnc3Cn3cccc(C#N)c3=O)c2n1. The van der Waals surface area contributed by atoms with Gasteiger partial charge in [-0.1, -0.05) is 35.3 Å². The predicted molar refractivity (Wildman–Crippen MR) is 137 cm³/mol. The largest absolute Gasteiger partial charge is 0.486 e. The van der Waals surface area contributed by atoms with E-state index in [2.05, 4.69) is 10.1 Å². The quantitative estimate of drug-likeness (QED) is 0.311. The van der Waals surface area contributed by atoms with Crippen molar-refractivity contribution in [3.05, 3.63) is 110 Å². The zero-order chi connectivity index (χ0) is 25.2. The van der Waals surface area contributed by atoms with Gasteiger partial charge in [0.05, 0.1) is 34.2 Å². The van der Waals surface area contributed by atoms with E-state index >= 15 is 0 Å². The number of nitrogens with zero attached hydrogens (tertiary/aromatic N) is 6. The van der Waals surface area contributed by atoms with Gasteiger partial charge in [-0.05, 0) is 37.3 Å². The molecule has 0 N–H and O–H groups in total. The maximum atomic E-state index is 12.5. The summed E-state index contributed by atoms with van der Waals surface area (Å²) in [6.07, 6.45) is 6.49. The third-order valence-electron chi connectivity index (χ3n) is 5.63. The van der Waals surface area contributed by atoms with Crippen LogP contribution in [0.3, 0.4) is 0 Å². The molecule has 178 valence electrons. The second-order valence-electron chi connectivity index (χ2n) is 8.01. The minimum absolute atomic E-state index is 0.0591. The van der Waals surface area contributed by atoms with Crippen LogP contribution in [-0.4, -0.2) is 24.3 Å². The first-order valence-electron chi connectivity index (χ1n) is 10.9. The lowest BCUT2D eigenvalue weighted by Gasteiger charge is -2.15. The molecule has 0 amide bonds. The van der Waals surface area contributed by atoms with Crippen LogP contribution in [0.25, 0.3) is 16.6 Å². The molecule has 4 heterocycles. The highest BCUT2D eigenvalue weighted by atomic mass is 35.5. The fourth-order valence-electron chi connectivity index (χ4n) is 3.92. The molecule has 0 spiro atoms. The van der Waals surface area contributed by atoms with Crippen LogP contribution in [0.4, 0.5) is 0 Å². The molecular formula is C26H18Cl2N6O2. The van der Waals surface area contributed by atoms with E-state index < -0.39 is 5.56 Å². The molecule has 0 saturated carbocycles. The second-order valence-corrected chi connectivity index (χ2v) is 8.86. The zero-order valence-electron chi connectivity index (χ0n) is 19.0. The molecule has 0 bridgehead atoms. The minimum Gasteiger partial charge on any atom is -0.486 e. The summed E-state index contributed by atoms with van der Waals surface area (Å²) in [7, 11) is 0. The number of nitriles is 1. The van der Waals surface area contributed by atoms with Gasteiger partial charge in [0.2, 0.25) is 0 Å². The number of hydrogen-bond donors (Lipinski definition) is 0. The molecule has 0 atom stereocenters. The number of para-hydroxylation sites is 1. The average molecular weight is 517 g/mol. The van der Waals surface area contributed by atoms with Crippen molar-refractivity contribution in [3.63, 3.8) is 0 Å². The van der Waals surface area contributed by atoms with E-state index in [-0.39, 0.29) is 18.7 Å². The van der Waals surface area contributed by atoms with E-state index in [1.165, 1.54) is 10.6 Å². The topological polar surface area (TPSA) is 98.6 Å². The summed E-state index contributed by atoms with van der Waals surface area (Å²) in [5.74, 6) is 0.560. The summed E-state index contributed by atoms with van der Waals surface area (Å²) in [4.78, 5) is 21.7. The minimum atomic E-state index is -0.395. The number of aromatic nitrogens is 5. The van der Waals surface area contributed by atoms with Gasteiger partial charge >= 0.3 is 0 Å². The van der Waals surface area contributed by atoms with E-state index in [1.807, 2.05) is 37.3 Å². The molecule has 4 aromatic heterocycles. The average Bonchev–Trinajstić information content (AvgIpc) is 3.30. The van der Waals surface area contributed by atoms with Gasteiger partial charge in [0, 0.05) is 35.2 Å². The standard InChI is InChI=1S/C26H18Cl2N6O2/c1-16-10-23(34-13-18(27)12-31-34)19-5-2-6-24(25(19)32-16)36-15-20-21(28)7-8-30-22(20)14-33-9-3-4-17(11-29)26(33)35/h2-10,12-13H,14-15H2,1H3. The number of pyridine rings is 3. The van der Waals surface area contributed by atoms with Gasteiger partial charge in [0.15, 0.2) is 0 Å². The van der Waals surface area contributed by atoms with Crippen LogP contribution in [0.1, 0.15) is 22.5 Å². The molecule has 1 aromatic carbocycles. The predicted octanol–water partition coefficient (Wildman–Crippen LogP) is 5.09. The van der Waals surface area contributed by atoms with Crippen molar-refractivity contribution >= 4 is 34.1 Å². The number of aryl methyl sites for hydroxylation is 1. The van der Waals surface area contributed by atoms with Crippen molar-refractivity contribution in [2.45, 2.75) is 20.1 Å². The fraction of sp³-hybridized carbons (Fsp3) is 0.115. The summed E-state index contributed by atoms with van der Waals surface area (Å²) in [6.45, 7) is 2.14. The Hall–Kier alpha value is -4.19.